The molecular weight excluding hydrogens is 364 g/mol. The molecule has 8 heteroatoms. The van der Waals surface area contributed by atoms with Crippen molar-refractivity contribution in [2.75, 3.05) is 0 Å². The normalized spacial score (nSPS) is 20.7. The minimum absolute atomic E-state index is 0.0502. The number of aromatic nitrogens is 6. The van der Waals surface area contributed by atoms with Crippen LogP contribution in [0.5, 0.6) is 0 Å². The molecule has 0 spiro atoms. The molecule has 1 aliphatic carbocycles. The van der Waals surface area contributed by atoms with Gasteiger partial charge in [-0.15, -0.1) is 0 Å². The lowest BCUT2D eigenvalue weighted by Gasteiger charge is -2.42. The van der Waals surface area contributed by atoms with Crippen LogP contribution in [0.2, 0.25) is 0 Å². The molecule has 0 atom stereocenters. The highest BCUT2D eigenvalue weighted by molar-refractivity contribution is 5.96. The second-order valence-corrected chi connectivity index (χ2v) is 7.37. The molecule has 8 nitrogen and oxygen atoms in total. The molecule has 0 amide bonds. The lowest BCUT2D eigenvalue weighted by atomic mass is 9.68. The van der Waals surface area contributed by atoms with Crippen LogP contribution in [0.1, 0.15) is 19.3 Å². The van der Waals surface area contributed by atoms with Gasteiger partial charge in [0, 0.05) is 28.9 Å². The molecule has 140 valence electrons. The third-order valence-electron chi connectivity index (χ3n) is 5.55. The summed E-state index contributed by atoms with van der Waals surface area (Å²) in [4.78, 5) is 6.13. The van der Waals surface area contributed by atoms with Gasteiger partial charge in [-0.1, -0.05) is 6.07 Å². The molecule has 29 heavy (non-hydrogen) atoms. The maximum Gasteiger partial charge on any atom is 0.113 e. The molecular formula is C21H16N8. The zero-order valence-corrected chi connectivity index (χ0v) is 15.4. The quantitative estimate of drug-likeness (QED) is 0.579. The molecule has 1 N–H and O–H groups in total. The first kappa shape index (κ1) is 17.1. The Kier molecular flexibility index (Phi) is 3.85. The second kappa shape index (κ2) is 6.54. The highest BCUT2D eigenvalue weighted by Crippen LogP contribution is 2.45. The van der Waals surface area contributed by atoms with Crippen molar-refractivity contribution in [1.82, 2.24) is 30.2 Å². The zero-order chi connectivity index (χ0) is 19.8. The first-order valence-electron chi connectivity index (χ1n) is 9.31. The number of nitrogens with zero attached hydrogens (tertiary/aromatic N) is 7. The van der Waals surface area contributed by atoms with E-state index >= 15 is 0 Å². The van der Waals surface area contributed by atoms with E-state index < -0.39 is 5.54 Å². The standard InChI is InChI=1S/C21H16N8/c22-5-4-21(10-14(11-21)12-23)29-26-13-20(28-29)17-8-15(18-3-7-25-27-18)9-19-16(17)2-1-6-24-19/h1-3,6-9,13-14H,4,10-11H2,(H,25,27)/t14-,21+. The Morgan fingerprint density at radius 2 is 2.10 bits per heavy atom. The van der Waals surface area contributed by atoms with Crippen molar-refractivity contribution in [3.05, 3.63) is 48.9 Å². The molecule has 1 aromatic carbocycles. The minimum atomic E-state index is -0.499. The largest absolute Gasteiger partial charge is 0.285 e. The highest BCUT2D eigenvalue weighted by Gasteiger charge is 2.48. The van der Waals surface area contributed by atoms with Crippen molar-refractivity contribution in [1.29, 1.82) is 10.5 Å². The van der Waals surface area contributed by atoms with Crippen molar-refractivity contribution in [2.45, 2.75) is 24.8 Å². The molecule has 0 aliphatic heterocycles. The molecule has 3 aromatic heterocycles. The molecule has 5 rings (SSSR count). The van der Waals surface area contributed by atoms with Crippen molar-refractivity contribution < 1.29 is 0 Å². The maximum absolute atomic E-state index is 9.27. The summed E-state index contributed by atoms with van der Waals surface area (Å²) in [5.41, 5.74) is 3.71. The lowest BCUT2D eigenvalue weighted by molar-refractivity contribution is 0.0713. The van der Waals surface area contributed by atoms with Crippen LogP contribution >= 0.6 is 0 Å². The van der Waals surface area contributed by atoms with Crippen LogP contribution in [0.4, 0.5) is 0 Å². The molecule has 1 aliphatic rings. The Morgan fingerprint density at radius 3 is 2.86 bits per heavy atom. The van der Waals surface area contributed by atoms with Gasteiger partial charge in [-0.3, -0.25) is 10.1 Å². The first-order valence-corrected chi connectivity index (χ1v) is 9.31. The number of H-pyrrole nitrogens is 1. The number of rotatable bonds is 4. The molecule has 0 unspecified atom stereocenters. The van der Waals surface area contributed by atoms with Crippen LogP contribution in [0.15, 0.2) is 48.9 Å². The lowest BCUT2D eigenvalue weighted by Crippen LogP contribution is -2.47. The van der Waals surface area contributed by atoms with Gasteiger partial charge < -0.3 is 0 Å². The van der Waals surface area contributed by atoms with Gasteiger partial charge in [0.25, 0.3) is 0 Å². The van der Waals surface area contributed by atoms with Gasteiger partial charge in [-0.2, -0.15) is 30.6 Å². The van der Waals surface area contributed by atoms with E-state index in [9.17, 15) is 5.26 Å². The fourth-order valence-corrected chi connectivity index (χ4v) is 4.05. The SMILES string of the molecule is N#CC[C@]1(n2ncc(-c3cc(-c4cc[nH]n4)cc4ncccc34)n2)C[C@@H](C#N)C1. The fraction of sp³-hybridized carbons (Fsp3) is 0.238. The monoisotopic (exact) mass is 380 g/mol. The minimum Gasteiger partial charge on any atom is -0.285 e. The van der Waals surface area contributed by atoms with E-state index in [1.165, 1.54) is 0 Å². The van der Waals surface area contributed by atoms with E-state index in [0.717, 1.165) is 27.7 Å². The zero-order valence-electron chi connectivity index (χ0n) is 15.4. The Bertz CT molecular complexity index is 1270. The predicted molar refractivity (Wildman–Crippen MR) is 105 cm³/mol. The molecule has 0 saturated heterocycles. The van der Waals surface area contributed by atoms with Gasteiger partial charge in [0.2, 0.25) is 0 Å². The summed E-state index contributed by atoms with van der Waals surface area (Å²) in [6.07, 6.45) is 6.74. The summed E-state index contributed by atoms with van der Waals surface area (Å²) in [5.74, 6) is -0.0502. The maximum atomic E-state index is 9.27. The van der Waals surface area contributed by atoms with Gasteiger partial charge in [-0.05, 0) is 37.1 Å². The number of hydrogen-bond acceptors (Lipinski definition) is 6. The molecule has 4 aromatic rings. The van der Waals surface area contributed by atoms with Crippen LogP contribution < -0.4 is 0 Å². The second-order valence-electron chi connectivity index (χ2n) is 7.37. The summed E-state index contributed by atoms with van der Waals surface area (Å²) in [6.45, 7) is 0. The summed E-state index contributed by atoms with van der Waals surface area (Å²) in [6, 6.07) is 14.3. The van der Waals surface area contributed by atoms with Crippen LogP contribution in [-0.4, -0.2) is 30.2 Å². The number of nitriles is 2. The van der Waals surface area contributed by atoms with Gasteiger partial charge in [0.05, 0.1) is 47.4 Å². The molecule has 1 fully saturated rings. The van der Waals surface area contributed by atoms with E-state index in [1.54, 1.807) is 23.4 Å². The summed E-state index contributed by atoms with van der Waals surface area (Å²) in [7, 11) is 0. The summed E-state index contributed by atoms with van der Waals surface area (Å²) >= 11 is 0. The Labute approximate surface area is 166 Å². The smallest absolute Gasteiger partial charge is 0.113 e. The number of aromatic amines is 1. The average molecular weight is 380 g/mol. The number of fused-ring (bicyclic) bond motifs is 1. The van der Waals surface area contributed by atoms with Crippen molar-refractivity contribution >= 4 is 10.9 Å². The number of benzene rings is 1. The van der Waals surface area contributed by atoms with Crippen LogP contribution in [-0.2, 0) is 5.54 Å². The predicted octanol–water partition coefficient (Wildman–Crippen LogP) is 3.43. The van der Waals surface area contributed by atoms with Gasteiger partial charge in [0.15, 0.2) is 0 Å². The fourth-order valence-electron chi connectivity index (χ4n) is 4.05. The summed E-state index contributed by atoms with van der Waals surface area (Å²) in [5, 5.41) is 35.7. The highest BCUT2D eigenvalue weighted by atomic mass is 15.5. The van der Waals surface area contributed by atoms with E-state index in [0.29, 0.717) is 18.5 Å². The Morgan fingerprint density at radius 1 is 1.21 bits per heavy atom. The molecule has 0 radical (unpaired) electrons. The topological polar surface area (TPSA) is 120 Å². The van der Waals surface area contributed by atoms with Crippen molar-refractivity contribution in [3.8, 4) is 34.7 Å². The Hall–Kier alpha value is -4.04. The van der Waals surface area contributed by atoms with E-state index in [-0.39, 0.29) is 12.3 Å². The van der Waals surface area contributed by atoms with Gasteiger partial charge in [0.1, 0.15) is 5.69 Å². The van der Waals surface area contributed by atoms with E-state index in [2.05, 4.69) is 32.4 Å². The van der Waals surface area contributed by atoms with Crippen LogP contribution in [0, 0.1) is 28.6 Å². The summed E-state index contributed by atoms with van der Waals surface area (Å²) < 4.78 is 0. The average Bonchev–Trinajstić information content (AvgIpc) is 3.42. The van der Waals surface area contributed by atoms with Crippen LogP contribution in [0.25, 0.3) is 33.4 Å². The first-order chi connectivity index (χ1) is 14.2. The Balaban J connectivity index is 1.62. The number of hydrogen-bond donors (Lipinski definition) is 1. The molecule has 0 bridgehead atoms. The third-order valence-corrected chi connectivity index (χ3v) is 5.55. The number of pyridine rings is 1. The molecule has 3 heterocycles. The number of nitrogens with one attached hydrogen (secondary N) is 1. The van der Waals surface area contributed by atoms with E-state index in [4.69, 9.17) is 10.4 Å². The van der Waals surface area contributed by atoms with Crippen molar-refractivity contribution in [3.63, 3.8) is 0 Å². The molecule has 1 saturated carbocycles. The van der Waals surface area contributed by atoms with E-state index in [1.807, 2.05) is 30.3 Å². The van der Waals surface area contributed by atoms with Gasteiger partial charge in [-0.25, -0.2) is 0 Å². The third kappa shape index (κ3) is 2.74. The van der Waals surface area contributed by atoms with Crippen molar-refractivity contribution in [2.24, 2.45) is 5.92 Å². The van der Waals surface area contributed by atoms with Gasteiger partial charge >= 0.3 is 0 Å². The van der Waals surface area contributed by atoms with Crippen LogP contribution in [0.3, 0.4) is 0 Å².